The van der Waals surface area contributed by atoms with Crippen molar-refractivity contribution in [2.45, 2.75) is 52.7 Å². The number of amides is 3. The summed E-state index contributed by atoms with van der Waals surface area (Å²) in [5.41, 5.74) is -1.48. The Balaban J connectivity index is 0. The lowest BCUT2D eigenvalue weighted by atomic mass is 10.2. The van der Waals surface area contributed by atoms with E-state index in [0.717, 1.165) is 0 Å². The molecule has 4 N–H and O–H groups in total. The van der Waals surface area contributed by atoms with Crippen molar-refractivity contribution in [3.8, 4) is 0 Å². The number of alkyl carbamates (subject to hydrolysis) is 1. The van der Waals surface area contributed by atoms with Crippen molar-refractivity contribution in [2.75, 3.05) is 13.1 Å². The molecule has 0 fully saturated rings. The second-order valence-corrected chi connectivity index (χ2v) is 6.73. The summed E-state index contributed by atoms with van der Waals surface area (Å²) in [6.45, 7) is 10.2. The molecule has 0 saturated carbocycles. The summed E-state index contributed by atoms with van der Waals surface area (Å²) in [5.74, 6) is -0.203. The molecular formula is C14H27ClN4O6. The average Bonchev–Trinajstić information content (AvgIpc) is 2.28. The van der Waals surface area contributed by atoms with Crippen LogP contribution in [0.2, 0.25) is 0 Å². The quantitative estimate of drug-likeness (QED) is 0.333. The fourth-order valence-corrected chi connectivity index (χ4v) is 1.24. The van der Waals surface area contributed by atoms with Crippen LogP contribution in [-0.4, -0.2) is 53.6 Å². The number of carbonyl (C=O) groups is 3. The molecule has 0 aliphatic carbocycles. The Morgan fingerprint density at radius 3 is 1.84 bits per heavy atom. The highest BCUT2D eigenvalue weighted by Gasteiger charge is 2.20. The van der Waals surface area contributed by atoms with E-state index >= 15 is 0 Å². The lowest BCUT2D eigenvalue weighted by molar-refractivity contribution is 0.0560. The number of hydrogen-bond acceptors (Lipinski definition) is 5. The van der Waals surface area contributed by atoms with E-state index in [1.807, 2.05) is 0 Å². The molecule has 0 aliphatic rings. The highest BCUT2D eigenvalue weighted by atomic mass is 35.5. The van der Waals surface area contributed by atoms with E-state index in [1.165, 1.54) is 0 Å². The molecule has 0 spiro atoms. The third-order valence-corrected chi connectivity index (χ3v) is 1.91. The molecule has 0 unspecified atom stereocenters. The highest BCUT2D eigenvalue weighted by Crippen LogP contribution is 2.08. The molecule has 0 rings (SSSR count). The Morgan fingerprint density at radius 2 is 1.40 bits per heavy atom. The summed E-state index contributed by atoms with van der Waals surface area (Å²) in [6, 6.07) is 0. The monoisotopic (exact) mass is 382 g/mol. The lowest BCUT2D eigenvalue weighted by Crippen LogP contribution is -2.46. The predicted octanol–water partition coefficient (Wildman–Crippen LogP) is 2.08. The minimum absolute atomic E-state index is 0. The van der Waals surface area contributed by atoms with Gasteiger partial charge in [0.15, 0.2) is 0 Å². The van der Waals surface area contributed by atoms with Crippen molar-refractivity contribution in [1.82, 2.24) is 16.0 Å². The normalized spacial score (nSPS) is 11.7. The van der Waals surface area contributed by atoms with Crippen LogP contribution in [0, 0.1) is 0 Å². The Hall–Kier alpha value is -2.23. The van der Waals surface area contributed by atoms with E-state index in [0.29, 0.717) is 0 Å². The molecule has 0 aromatic heterocycles. The Morgan fingerprint density at radius 1 is 0.920 bits per heavy atom. The van der Waals surface area contributed by atoms with E-state index in [4.69, 9.17) is 14.6 Å². The van der Waals surface area contributed by atoms with E-state index in [9.17, 15) is 14.4 Å². The zero-order chi connectivity index (χ0) is 19.0. The van der Waals surface area contributed by atoms with Gasteiger partial charge < -0.3 is 25.2 Å². The maximum absolute atomic E-state index is 11.8. The minimum atomic E-state index is -1.19. The minimum Gasteiger partial charge on any atom is -0.465 e. The first kappa shape index (κ1) is 25.0. The van der Waals surface area contributed by atoms with Gasteiger partial charge >= 0.3 is 18.3 Å². The van der Waals surface area contributed by atoms with Gasteiger partial charge in [-0.25, -0.2) is 14.4 Å². The van der Waals surface area contributed by atoms with Crippen LogP contribution < -0.4 is 16.0 Å². The number of nitrogens with one attached hydrogen (secondary N) is 3. The molecule has 25 heavy (non-hydrogen) atoms. The molecule has 0 heterocycles. The van der Waals surface area contributed by atoms with Crippen LogP contribution in [0.15, 0.2) is 4.99 Å². The number of ether oxygens (including phenoxy) is 2. The van der Waals surface area contributed by atoms with Crippen molar-refractivity contribution >= 4 is 36.6 Å². The standard InChI is InChI=1S/C14H26N4O6.ClH/c1-13(2,3)23-11(21)17-9(15-7-8-16-10(19)20)18-12(22)24-14(4,5)6;/h16H,7-8H2,1-6H3,(H,19,20)(H2,15,17,18,21,22);1H. The summed E-state index contributed by atoms with van der Waals surface area (Å²) in [4.78, 5) is 37.5. The van der Waals surface area contributed by atoms with Gasteiger partial charge in [0.1, 0.15) is 11.2 Å². The SMILES string of the molecule is CC(C)(C)OC(=O)/N=C(/NCCNC(=O)O)NC(=O)OC(C)(C)C.Cl. The van der Waals surface area contributed by atoms with Gasteiger partial charge in [-0.15, -0.1) is 17.4 Å². The van der Waals surface area contributed by atoms with Crippen LogP contribution in [0.25, 0.3) is 0 Å². The van der Waals surface area contributed by atoms with Gasteiger partial charge in [0.25, 0.3) is 0 Å². The van der Waals surface area contributed by atoms with E-state index < -0.39 is 29.5 Å². The maximum Gasteiger partial charge on any atom is 0.437 e. The molecule has 10 nitrogen and oxygen atoms in total. The Bertz CT molecular complexity index is 497. The maximum atomic E-state index is 11.8. The van der Waals surface area contributed by atoms with Crippen LogP contribution >= 0.6 is 12.4 Å². The first-order chi connectivity index (χ1) is 10.8. The number of aliphatic imine (C=N–C) groups is 1. The highest BCUT2D eigenvalue weighted by molar-refractivity contribution is 5.98. The van der Waals surface area contributed by atoms with E-state index in [1.54, 1.807) is 41.5 Å². The molecule has 0 aliphatic heterocycles. The van der Waals surface area contributed by atoms with Crippen molar-refractivity contribution in [3.05, 3.63) is 0 Å². The van der Waals surface area contributed by atoms with Crippen molar-refractivity contribution < 1.29 is 29.0 Å². The van der Waals surface area contributed by atoms with E-state index in [-0.39, 0.29) is 31.5 Å². The summed E-state index contributed by atoms with van der Waals surface area (Å²) in [7, 11) is 0. The lowest BCUT2D eigenvalue weighted by Gasteiger charge is -2.21. The number of hydrogen-bond donors (Lipinski definition) is 4. The molecule has 0 saturated heterocycles. The van der Waals surface area contributed by atoms with Crippen LogP contribution in [0.3, 0.4) is 0 Å². The molecule has 0 aromatic carbocycles. The van der Waals surface area contributed by atoms with Crippen molar-refractivity contribution in [3.63, 3.8) is 0 Å². The van der Waals surface area contributed by atoms with Crippen molar-refractivity contribution in [1.29, 1.82) is 0 Å². The van der Waals surface area contributed by atoms with Gasteiger partial charge in [-0.05, 0) is 41.5 Å². The first-order valence-corrected chi connectivity index (χ1v) is 7.31. The van der Waals surface area contributed by atoms with Gasteiger partial charge in [-0.2, -0.15) is 0 Å². The first-order valence-electron chi connectivity index (χ1n) is 7.31. The molecular weight excluding hydrogens is 356 g/mol. The summed E-state index contributed by atoms with van der Waals surface area (Å²) >= 11 is 0. The van der Waals surface area contributed by atoms with E-state index in [2.05, 4.69) is 20.9 Å². The molecule has 11 heteroatoms. The molecule has 146 valence electrons. The molecule has 0 aromatic rings. The van der Waals surface area contributed by atoms with Gasteiger partial charge in [0.2, 0.25) is 5.96 Å². The number of carbonyl (C=O) groups excluding carboxylic acids is 2. The zero-order valence-electron chi connectivity index (χ0n) is 15.3. The third kappa shape index (κ3) is 16.4. The van der Waals surface area contributed by atoms with Crippen molar-refractivity contribution in [2.24, 2.45) is 4.99 Å². The van der Waals surface area contributed by atoms with Crippen LogP contribution in [0.4, 0.5) is 14.4 Å². The summed E-state index contributed by atoms with van der Waals surface area (Å²) < 4.78 is 10.1. The second kappa shape index (κ2) is 10.6. The largest absolute Gasteiger partial charge is 0.465 e. The average molecular weight is 383 g/mol. The number of rotatable bonds is 3. The van der Waals surface area contributed by atoms with Crippen LogP contribution in [0.5, 0.6) is 0 Å². The molecule has 0 bridgehead atoms. The number of nitrogens with zero attached hydrogens (tertiary/aromatic N) is 1. The second-order valence-electron chi connectivity index (χ2n) is 6.73. The van der Waals surface area contributed by atoms with Crippen LogP contribution in [0.1, 0.15) is 41.5 Å². The summed E-state index contributed by atoms with van der Waals surface area (Å²) in [5, 5.41) is 15.5. The van der Waals surface area contributed by atoms with Gasteiger partial charge in [0.05, 0.1) is 0 Å². The fourth-order valence-electron chi connectivity index (χ4n) is 1.24. The Labute approximate surface area is 153 Å². The topological polar surface area (TPSA) is 138 Å². The number of guanidine groups is 1. The fraction of sp³-hybridized carbons (Fsp3) is 0.714. The van der Waals surface area contributed by atoms with Gasteiger partial charge in [-0.1, -0.05) is 0 Å². The zero-order valence-corrected chi connectivity index (χ0v) is 16.1. The van der Waals surface area contributed by atoms with Crippen LogP contribution in [-0.2, 0) is 9.47 Å². The molecule has 0 radical (unpaired) electrons. The number of carboxylic acid groups (broad SMARTS) is 1. The third-order valence-electron chi connectivity index (χ3n) is 1.91. The number of halogens is 1. The smallest absolute Gasteiger partial charge is 0.437 e. The molecule has 3 amide bonds. The van der Waals surface area contributed by atoms with Gasteiger partial charge in [0, 0.05) is 13.1 Å². The molecule has 0 atom stereocenters. The summed E-state index contributed by atoms with van der Waals surface area (Å²) in [6.07, 6.45) is -2.92. The predicted molar refractivity (Wildman–Crippen MR) is 94.3 cm³/mol. The Kier molecular flexibility index (Phi) is 10.6. The van der Waals surface area contributed by atoms with Gasteiger partial charge in [-0.3, -0.25) is 5.32 Å².